The summed E-state index contributed by atoms with van der Waals surface area (Å²) in [6.45, 7) is 3.49. The van der Waals surface area contributed by atoms with Gasteiger partial charge in [-0.15, -0.1) is 0 Å². The smallest absolute Gasteiger partial charge is 0.416 e. The van der Waals surface area contributed by atoms with E-state index in [4.69, 9.17) is 4.74 Å². The molecule has 8 heteroatoms. The van der Waals surface area contributed by atoms with Crippen LogP contribution in [0.3, 0.4) is 0 Å². The number of nitrogens with one attached hydrogen (secondary N) is 2. The molecule has 0 radical (unpaired) electrons. The molecule has 0 spiro atoms. The molecule has 2 fully saturated rings. The molecule has 1 aromatic heterocycles. The summed E-state index contributed by atoms with van der Waals surface area (Å²) in [5, 5.41) is 0. The van der Waals surface area contributed by atoms with Crippen LogP contribution in [0.15, 0.2) is 48.8 Å². The summed E-state index contributed by atoms with van der Waals surface area (Å²) in [6.07, 6.45) is 2.22. The number of benzene rings is 1. The van der Waals surface area contributed by atoms with E-state index in [1.165, 1.54) is 11.6 Å². The molecule has 5 nitrogen and oxygen atoms in total. The fourth-order valence-corrected chi connectivity index (χ4v) is 4.31. The molecule has 4 rings (SSSR count). The quantitative estimate of drug-likeness (QED) is 0.717. The number of rotatable bonds is 7. The van der Waals surface area contributed by atoms with Crippen molar-refractivity contribution in [1.29, 1.82) is 0 Å². The summed E-state index contributed by atoms with van der Waals surface area (Å²) in [4.78, 5) is 6.55. The molecule has 2 N–H and O–H groups in total. The van der Waals surface area contributed by atoms with Crippen LogP contribution in [0.25, 0.3) is 0 Å². The molecule has 0 aliphatic carbocycles. The molecular weight excluding hydrogens is 393 g/mol. The van der Waals surface area contributed by atoms with E-state index in [-0.39, 0.29) is 11.8 Å². The first-order valence-corrected chi connectivity index (χ1v) is 10.4. The normalized spacial score (nSPS) is 25.0. The highest BCUT2D eigenvalue weighted by Crippen LogP contribution is 2.31. The maximum absolute atomic E-state index is 12.8. The van der Waals surface area contributed by atoms with Crippen LogP contribution >= 0.6 is 0 Å². The van der Waals surface area contributed by atoms with Crippen molar-refractivity contribution in [2.24, 2.45) is 5.92 Å². The molecule has 30 heavy (non-hydrogen) atoms. The van der Waals surface area contributed by atoms with Crippen LogP contribution in [-0.4, -0.2) is 41.7 Å². The van der Waals surface area contributed by atoms with Crippen LogP contribution < -0.4 is 15.6 Å². The van der Waals surface area contributed by atoms with Gasteiger partial charge in [0, 0.05) is 37.6 Å². The van der Waals surface area contributed by atoms with Crippen LogP contribution in [0.4, 0.5) is 13.2 Å². The molecule has 0 bridgehead atoms. The van der Waals surface area contributed by atoms with Crippen molar-refractivity contribution >= 4 is 0 Å². The number of pyridine rings is 1. The van der Waals surface area contributed by atoms with Crippen molar-refractivity contribution in [3.63, 3.8) is 0 Å². The molecular formula is C22H27F3N4O. The molecule has 0 amide bonds. The summed E-state index contributed by atoms with van der Waals surface area (Å²) in [7, 11) is 0. The van der Waals surface area contributed by atoms with Crippen LogP contribution in [0.1, 0.15) is 30.4 Å². The van der Waals surface area contributed by atoms with E-state index < -0.39 is 11.7 Å². The number of aromatic nitrogens is 1. The van der Waals surface area contributed by atoms with Gasteiger partial charge in [-0.25, -0.2) is 0 Å². The third-order valence-corrected chi connectivity index (χ3v) is 5.94. The monoisotopic (exact) mass is 420 g/mol. The second kappa shape index (κ2) is 9.32. The zero-order valence-corrected chi connectivity index (χ0v) is 16.7. The third kappa shape index (κ3) is 5.50. The zero-order valence-electron chi connectivity index (χ0n) is 16.7. The fourth-order valence-electron chi connectivity index (χ4n) is 4.31. The van der Waals surface area contributed by atoms with Gasteiger partial charge < -0.3 is 4.74 Å². The third-order valence-electron chi connectivity index (χ3n) is 5.94. The predicted molar refractivity (Wildman–Crippen MR) is 108 cm³/mol. The minimum Gasteiger partial charge on any atom is -0.494 e. The van der Waals surface area contributed by atoms with Crippen molar-refractivity contribution in [3.8, 4) is 5.75 Å². The van der Waals surface area contributed by atoms with Crippen LogP contribution in [0.2, 0.25) is 0 Å². The van der Waals surface area contributed by atoms with E-state index >= 15 is 0 Å². The number of nitrogens with zero attached hydrogens (tertiary/aromatic N) is 2. The van der Waals surface area contributed by atoms with Gasteiger partial charge in [0.1, 0.15) is 5.75 Å². The van der Waals surface area contributed by atoms with Crippen molar-refractivity contribution < 1.29 is 17.9 Å². The number of hydrazine groups is 1. The van der Waals surface area contributed by atoms with Crippen molar-refractivity contribution in [3.05, 3.63) is 59.9 Å². The lowest BCUT2D eigenvalue weighted by Gasteiger charge is -2.19. The molecule has 3 unspecified atom stereocenters. The number of alkyl halides is 3. The summed E-state index contributed by atoms with van der Waals surface area (Å²) in [6, 6.07) is 9.83. The highest BCUT2D eigenvalue weighted by Gasteiger charge is 2.34. The van der Waals surface area contributed by atoms with Gasteiger partial charge in [-0.05, 0) is 67.6 Å². The van der Waals surface area contributed by atoms with Gasteiger partial charge in [0.25, 0.3) is 0 Å². The lowest BCUT2D eigenvalue weighted by molar-refractivity contribution is -0.137. The predicted octanol–water partition coefficient (Wildman–Crippen LogP) is 3.63. The standard InChI is InChI=1S/C22H27F3N4O/c23-22(24,25)18-2-1-3-20(12-18)30-11-7-19-13-21(28-27-19)17-6-10-29(15-17)14-16-4-8-26-9-5-16/h1-5,8-9,12,17,19,21,27-28H,6-7,10-11,13-15H2. The van der Waals surface area contributed by atoms with Crippen molar-refractivity contribution in [2.45, 2.75) is 44.1 Å². The van der Waals surface area contributed by atoms with Gasteiger partial charge in [-0.2, -0.15) is 13.2 Å². The van der Waals surface area contributed by atoms with Gasteiger partial charge >= 0.3 is 6.18 Å². The topological polar surface area (TPSA) is 49.4 Å². The first kappa shape index (κ1) is 21.1. The lowest BCUT2D eigenvalue weighted by atomic mass is 9.94. The molecule has 162 valence electrons. The van der Waals surface area contributed by atoms with Gasteiger partial charge in [0.05, 0.1) is 12.2 Å². The van der Waals surface area contributed by atoms with E-state index in [1.807, 2.05) is 12.4 Å². The van der Waals surface area contributed by atoms with Gasteiger partial charge in [0.2, 0.25) is 0 Å². The Morgan fingerprint density at radius 3 is 2.77 bits per heavy atom. The Bertz CT molecular complexity index is 818. The SMILES string of the molecule is FC(F)(F)c1cccc(OCCC2CC(C3CCN(Cc4ccncc4)C3)NN2)c1. The summed E-state index contributed by atoms with van der Waals surface area (Å²) >= 11 is 0. The Labute approximate surface area is 174 Å². The van der Waals surface area contributed by atoms with E-state index in [0.29, 0.717) is 18.6 Å². The van der Waals surface area contributed by atoms with E-state index in [2.05, 4.69) is 32.9 Å². The molecule has 2 aliphatic heterocycles. The Morgan fingerprint density at radius 2 is 1.97 bits per heavy atom. The average Bonchev–Trinajstić information content (AvgIpc) is 3.38. The van der Waals surface area contributed by atoms with E-state index in [1.54, 1.807) is 6.07 Å². The van der Waals surface area contributed by atoms with E-state index in [0.717, 1.165) is 51.0 Å². The van der Waals surface area contributed by atoms with Gasteiger partial charge in [-0.1, -0.05) is 6.07 Å². The number of likely N-dealkylation sites (tertiary alicyclic amines) is 1. The number of ether oxygens (including phenoxy) is 1. The molecule has 2 saturated heterocycles. The molecule has 3 atom stereocenters. The second-order valence-electron chi connectivity index (χ2n) is 8.13. The molecule has 0 saturated carbocycles. The second-order valence-corrected chi connectivity index (χ2v) is 8.13. The lowest BCUT2D eigenvalue weighted by Crippen LogP contribution is -2.38. The first-order valence-electron chi connectivity index (χ1n) is 10.4. The minimum atomic E-state index is -4.35. The van der Waals surface area contributed by atoms with Gasteiger partial charge in [-0.3, -0.25) is 20.7 Å². The minimum absolute atomic E-state index is 0.259. The van der Waals surface area contributed by atoms with Crippen LogP contribution in [0, 0.1) is 5.92 Å². The molecule has 3 heterocycles. The largest absolute Gasteiger partial charge is 0.494 e. The summed E-state index contributed by atoms with van der Waals surface area (Å²) in [5.41, 5.74) is 7.36. The number of hydrogen-bond donors (Lipinski definition) is 2. The summed E-state index contributed by atoms with van der Waals surface area (Å²) < 4.78 is 44.0. The van der Waals surface area contributed by atoms with Crippen LogP contribution in [-0.2, 0) is 12.7 Å². The highest BCUT2D eigenvalue weighted by molar-refractivity contribution is 5.30. The van der Waals surface area contributed by atoms with Crippen molar-refractivity contribution in [1.82, 2.24) is 20.7 Å². The molecule has 2 aliphatic rings. The van der Waals surface area contributed by atoms with Gasteiger partial charge in [0.15, 0.2) is 0 Å². The zero-order chi connectivity index (χ0) is 21.0. The Balaban J connectivity index is 1.19. The Morgan fingerprint density at radius 1 is 1.13 bits per heavy atom. The first-order chi connectivity index (χ1) is 14.5. The number of halogens is 3. The molecule has 2 aromatic rings. The highest BCUT2D eigenvalue weighted by atomic mass is 19.4. The average molecular weight is 420 g/mol. The summed E-state index contributed by atoms with van der Waals surface area (Å²) in [5.74, 6) is 0.851. The maximum Gasteiger partial charge on any atom is 0.416 e. The Kier molecular flexibility index (Phi) is 6.55. The maximum atomic E-state index is 12.8. The van der Waals surface area contributed by atoms with E-state index in [9.17, 15) is 13.2 Å². The fraction of sp³-hybridized carbons (Fsp3) is 0.500. The number of hydrogen-bond acceptors (Lipinski definition) is 5. The molecule has 1 aromatic carbocycles. The Hall–Kier alpha value is -2.16. The van der Waals surface area contributed by atoms with Crippen molar-refractivity contribution in [2.75, 3.05) is 19.7 Å². The van der Waals surface area contributed by atoms with Crippen LogP contribution in [0.5, 0.6) is 5.75 Å².